The van der Waals surface area contributed by atoms with E-state index in [9.17, 15) is 14.4 Å². The van der Waals surface area contributed by atoms with Crippen LogP contribution < -0.4 is 11.5 Å². The van der Waals surface area contributed by atoms with E-state index in [1.165, 1.54) is 0 Å². The van der Waals surface area contributed by atoms with Gasteiger partial charge in [0.2, 0.25) is 0 Å². The fraction of sp³-hybridized carbons (Fsp3) is 0.625. The number of hydrogen-bond donors (Lipinski definition) is 4. The van der Waals surface area contributed by atoms with Gasteiger partial charge in [-0.2, -0.15) is 12.6 Å². The first-order valence-corrected chi connectivity index (χ1v) is 5.11. The Bertz CT molecular complexity index is 284. The molecule has 0 aromatic heterocycles. The summed E-state index contributed by atoms with van der Waals surface area (Å²) in [6.45, 7) is 0. The van der Waals surface area contributed by atoms with Crippen LogP contribution in [0.25, 0.3) is 0 Å². The quantitative estimate of drug-likeness (QED) is 0.256. The van der Waals surface area contributed by atoms with Crippen molar-refractivity contribution in [2.45, 2.75) is 24.9 Å². The number of carbonyl (C=O) groups is 3. The molecular formula is C8H14N2O5S. The van der Waals surface area contributed by atoms with Crippen LogP contribution in [0.15, 0.2) is 0 Å². The Morgan fingerprint density at radius 3 is 2.25 bits per heavy atom. The first-order chi connectivity index (χ1) is 7.38. The van der Waals surface area contributed by atoms with Crippen LogP contribution in [0.4, 0.5) is 0 Å². The molecule has 0 saturated heterocycles. The van der Waals surface area contributed by atoms with Crippen LogP contribution in [0.1, 0.15) is 12.8 Å². The number of nitrogens with two attached hydrogens (primary N) is 2. The predicted molar refractivity (Wildman–Crippen MR) is 57.8 cm³/mol. The van der Waals surface area contributed by atoms with Crippen LogP contribution in [-0.4, -0.2) is 40.9 Å². The number of ether oxygens (including phenoxy) is 1. The van der Waals surface area contributed by atoms with E-state index < -0.39 is 30.0 Å². The zero-order valence-corrected chi connectivity index (χ0v) is 9.35. The Morgan fingerprint density at radius 1 is 1.25 bits per heavy atom. The highest BCUT2D eigenvalue weighted by atomic mass is 32.1. The standard InChI is InChI=1S/C8H14N2O5S/c9-4(7(12)13)1-2-6(11)15-8(14)5(10)3-16/h4-5,16H,1-3,9-10H2,(H,12,13)/t4-,5-/m0/s1. The molecule has 16 heavy (non-hydrogen) atoms. The summed E-state index contributed by atoms with van der Waals surface area (Å²) in [6, 6.07) is -2.12. The SMILES string of the molecule is N[C@@H](CCC(=O)OC(=O)[C@@H](N)CS)C(=O)O. The van der Waals surface area contributed by atoms with Gasteiger partial charge in [-0.1, -0.05) is 0 Å². The molecule has 0 aliphatic carbocycles. The number of esters is 2. The second-order valence-corrected chi connectivity index (χ2v) is 3.43. The highest BCUT2D eigenvalue weighted by Crippen LogP contribution is 1.99. The lowest BCUT2D eigenvalue weighted by Gasteiger charge is -2.08. The van der Waals surface area contributed by atoms with Crippen molar-refractivity contribution in [3.05, 3.63) is 0 Å². The van der Waals surface area contributed by atoms with E-state index in [1.54, 1.807) is 0 Å². The molecule has 0 saturated carbocycles. The molecule has 0 heterocycles. The van der Waals surface area contributed by atoms with E-state index in [0.717, 1.165) is 0 Å². The maximum Gasteiger partial charge on any atom is 0.331 e. The molecule has 0 fully saturated rings. The maximum absolute atomic E-state index is 11.0. The van der Waals surface area contributed by atoms with Crippen molar-refractivity contribution < 1.29 is 24.2 Å². The van der Waals surface area contributed by atoms with Gasteiger partial charge in [0.15, 0.2) is 0 Å². The molecule has 0 unspecified atom stereocenters. The third-order valence-electron chi connectivity index (χ3n) is 1.69. The van der Waals surface area contributed by atoms with Gasteiger partial charge in [0.1, 0.15) is 12.1 Å². The van der Waals surface area contributed by atoms with Gasteiger partial charge in [0.25, 0.3) is 0 Å². The van der Waals surface area contributed by atoms with Gasteiger partial charge in [-0.05, 0) is 6.42 Å². The summed E-state index contributed by atoms with van der Waals surface area (Å²) in [4.78, 5) is 32.3. The van der Waals surface area contributed by atoms with Crippen molar-refractivity contribution in [1.82, 2.24) is 0 Å². The Labute approximate surface area is 97.5 Å². The lowest BCUT2D eigenvalue weighted by atomic mass is 10.2. The van der Waals surface area contributed by atoms with Gasteiger partial charge < -0.3 is 21.3 Å². The number of aliphatic carboxylic acids is 1. The molecule has 5 N–H and O–H groups in total. The number of thiol groups is 1. The summed E-state index contributed by atoms with van der Waals surface area (Å²) in [5, 5.41) is 8.43. The van der Waals surface area contributed by atoms with Crippen LogP contribution in [-0.2, 0) is 19.1 Å². The Morgan fingerprint density at radius 2 is 1.81 bits per heavy atom. The lowest BCUT2D eigenvalue weighted by molar-refractivity contribution is -0.160. The van der Waals surface area contributed by atoms with Crippen molar-refractivity contribution in [3.63, 3.8) is 0 Å². The van der Waals surface area contributed by atoms with Gasteiger partial charge in [0, 0.05) is 12.2 Å². The first kappa shape index (κ1) is 14.9. The van der Waals surface area contributed by atoms with Crippen molar-refractivity contribution in [2.24, 2.45) is 11.5 Å². The topological polar surface area (TPSA) is 133 Å². The Balaban J connectivity index is 3.92. The first-order valence-electron chi connectivity index (χ1n) is 4.47. The van der Waals surface area contributed by atoms with E-state index in [4.69, 9.17) is 16.6 Å². The summed E-state index contributed by atoms with van der Waals surface area (Å²) in [5.74, 6) is -2.89. The van der Waals surface area contributed by atoms with Crippen LogP contribution in [0, 0.1) is 0 Å². The molecule has 8 heteroatoms. The van der Waals surface area contributed by atoms with Gasteiger partial charge in [-0.25, -0.2) is 4.79 Å². The van der Waals surface area contributed by atoms with Crippen LogP contribution in [0.5, 0.6) is 0 Å². The summed E-state index contributed by atoms with van der Waals surface area (Å²) in [6.07, 6.45) is -0.351. The molecule has 92 valence electrons. The fourth-order valence-corrected chi connectivity index (χ4v) is 0.859. The van der Waals surface area contributed by atoms with Crippen molar-refractivity contribution >= 4 is 30.5 Å². The molecule has 0 aromatic rings. The average Bonchev–Trinajstić information content (AvgIpc) is 2.24. The molecule has 0 aromatic carbocycles. The van der Waals surface area contributed by atoms with Crippen LogP contribution in [0.3, 0.4) is 0 Å². The average molecular weight is 250 g/mol. The van der Waals surface area contributed by atoms with E-state index in [2.05, 4.69) is 17.4 Å². The Hall–Kier alpha value is -1.12. The van der Waals surface area contributed by atoms with E-state index in [0.29, 0.717) is 0 Å². The minimum absolute atomic E-state index is 0.0563. The molecule has 2 atom stereocenters. The normalized spacial score (nSPS) is 13.9. The number of rotatable bonds is 6. The van der Waals surface area contributed by atoms with Gasteiger partial charge >= 0.3 is 17.9 Å². The number of carboxylic acid groups (broad SMARTS) is 1. The summed E-state index contributed by atoms with van der Waals surface area (Å²) in [5.41, 5.74) is 10.4. The van der Waals surface area contributed by atoms with Crippen molar-refractivity contribution in [3.8, 4) is 0 Å². The van der Waals surface area contributed by atoms with Gasteiger partial charge in [-0.15, -0.1) is 0 Å². The van der Waals surface area contributed by atoms with Crippen molar-refractivity contribution in [2.75, 3.05) is 5.75 Å². The summed E-state index contributed by atoms with van der Waals surface area (Å²) < 4.78 is 4.33. The van der Waals surface area contributed by atoms with Gasteiger partial charge in [0.05, 0.1) is 0 Å². The third kappa shape index (κ3) is 5.69. The molecule has 0 aliphatic heterocycles. The van der Waals surface area contributed by atoms with E-state index in [1.807, 2.05) is 0 Å². The number of hydrogen-bond acceptors (Lipinski definition) is 7. The zero-order valence-electron chi connectivity index (χ0n) is 8.46. The second kappa shape index (κ2) is 7.20. The highest BCUT2D eigenvalue weighted by Gasteiger charge is 2.19. The molecule has 0 amide bonds. The van der Waals surface area contributed by atoms with Crippen LogP contribution >= 0.6 is 12.6 Å². The minimum Gasteiger partial charge on any atom is -0.480 e. The smallest absolute Gasteiger partial charge is 0.331 e. The highest BCUT2D eigenvalue weighted by molar-refractivity contribution is 7.80. The molecule has 0 radical (unpaired) electrons. The predicted octanol–water partition coefficient (Wildman–Crippen LogP) is -1.49. The molecule has 0 rings (SSSR count). The third-order valence-corrected chi connectivity index (χ3v) is 2.08. The number of carboxylic acids is 1. The van der Waals surface area contributed by atoms with Gasteiger partial charge in [-0.3, -0.25) is 9.59 Å². The second-order valence-electron chi connectivity index (χ2n) is 3.07. The number of carbonyl (C=O) groups excluding carboxylic acids is 2. The summed E-state index contributed by atoms with van der Waals surface area (Å²) >= 11 is 3.75. The molecule has 7 nitrogen and oxygen atoms in total. The molecule has 0 spiro atoms. The fourth-order valence-electron chi connectivity index (χ4n) is 0.710. The largest absolute Gasteiger partial charge is 0.480 e. The molecule has 0 aliphatic rings. The van der Waals surface area contributed by atoms with E-state index in [-0.39, 0.29) is 18.6 Å². The zero-order chi connectivity index (χ0) is 12.7. The van der Waals surface area contributed by atoms with E-state index >= 15 is 0 Å². The lowest BCUT2D eigenvalue weighted by Crippen LogP contribution is -2.36. The summed E-state index contributed by atoms with van der Waals surface area (Å²) in [7, 11) is 0. The Kier molecular flexibility index (Phi) is 6.70. The molecular weight excluding hydrogens is 236 g/mol. The minimum atomic E-state index is -1.22. The maximum atomic E-state index is 11.0. The van der Waals surface area contributed by atoms with Crippen LogP contribution in [0.2, 0.25) is 0 Å². The monoisotopic (exact) mass is 250 g/mol. The molecule has 0 bridgehead atoms. The van der Waals surface area contributed by atoms with Crippen molar-refractivity contribution in [1.29, 1.82) is 0 Å².